The van der Waals surface area contributed by atoms with Crippen LogP contribution in [0.4, 0.5) is 9.59 Å². The number of allylic oxidation sites excluding steroid dienone is 1. The van der Waals surface area contributed by atoms with Gasteiger partial charge in [0, 0.05) is 12.6 Å². The van der Waals surface area contributed by atoms with Gasteiger partial charge < -0.3 is 25.2 Å². The topological polar surface area (TPSA) is 114 Å². The number of carbonyl (C=O) groups is 3. The Morgan fingerprint density at radius 3 is 2.35 bits per heavy atom. The summed E-state index contributed by atoms with van der Waals surface area (Å²) in [6.07, 6.45) is 0.731. The quantitative estimate of drug-likeness (QED) is 0.452. The van der Waals surface area contributed by atoms with Gasteiger partial charge in [0.15, 0.2) is 0 Å². The first kappa shape index (κ1) is 26.0. The van der Waals surface area contributed by atoms with Crippen LogP contribution >= 0.6 is 0 Å². The fraction of sp³-hybridized carbons (Fsp3) is 0.522. The molecule has 3 unspecified atom stereocenters. The fourth-order valence-corrected chi connectivity index (χ4v) is 2.94. The van der Waals surface area contributed by atoms with E-state index in [4.69, 9.17) is 14.6 Å². The first-order chi connectivity index (χ1) is 14.5. The van der Waals surface area contributed by atoms with Crippen molar-refractivity contribution < 1.29 is 29.0 Å². The summed E-state index contributed by atoms with van der Waals surface area (Å²) in [4.78, 5) is 35.4. The minimum Gasteiger partial charge on any atom is -0.481 e. The van der Waals surface area contributed by atoms with Crippen molar-refractivity contribution in [2.45, 2.75) is 58.8 Å². The molecule has 0 saturated heterocycles. The molecule has 2 amide bonds. The number of carbonyl (C=O) groups excluding carboxylic acids is 2. The molecule has 0 aliphatic heterocycles. The van der Waals surface area contributed by atoms with Crippen molar-refractivity contribution in [2.75, 3.05) is 6.54 Å². The van der Waals surface area contributed by atoms with E-state index in [9.17, 15) is 14.4 Å². The maximum atomic E-state index is 12.1. The van der Waals surface area contributed by atoms with Crippen molar-refractivity contribution in [3.63, 3.8) is 0 Å². The van der Waals surface area contributed by atoms with Gasteiger partial charge in [-0.2, -0.15) is 0 Å². The molecule has 1 rings (SSSR count). The van der Waals surface area contributed by atoms with Gasteiger partial charge in [-0.1, -0.05) is 36.4 Å². The highest BCUT2D eigenvalue weighted by Gasteiger charge is 2.26. The summed E-state index contributed by atoms with van der Waals surface area (Å²) in [5.74, 6) is -1.52. The fourth-order valence-electron chi connectivity index (χ4n) is 2.94. The highest BCUT2D eigenvalue weighted by Crippen LogP contribution is 2.20. The Kier molecular flexibility index (Phi) is 10.6. The lowest BCUT2D eigenvalue weighted by Gasteiger charge is -2.29. The van der Waals surface area contributed by atoms with Crippen molar-refractivity contribution in [3.05, 3.63) is 48.6 Å². The number of carboxylic acids is 1. The number of nitrogens with one attached hydrogen (secondary N) is 2. The predicted molar refractivity (Wildman–Crippen MR) is 118 cm³/mol. The maximum Gasteiger partial charge on any atom is 0.407 e. The van der Waals surface area contributed by atoms with Crippen LogP contribution in [0.25, 0.3) is 0 Å². The van der Waals surface area contributed by atoms with Crippen molar-refractivity contribution in [2.24, 2.45) is 11.8 Å². The van der Waals surface area contributed by atoms with Gasteiger partial charge in [-0.05, 0) is 51.5 Å². The molecule has 3 N–H and O–H groups in total. The van der Waals surface area contributed by atoms with Crippen molar-refractivity contribution in [3.8, 4) is 0 Å². The normalized spacial score (nSPS) is 13.9. The molecular weight excluding hydrogens is 400 g/mol. The van der Waals surface area contributed by atoms with E-state index >= 15 is 0 Å². The summed E-state index contributed by atoms with van der Waals surface area (Å²) in [6.45, 7) is 11.1. The van der Waals surface area contributed by atoms with Gasteiger partial charge in [0.05, 0.1) is 6.42 Å². The maximum absolute atomic E-state index is 12.1. The largest absolute Gasteiger partial charge is 0.481 e. The van der Waals surface area contributed by atoms with Gasteiger partial charge in [-0.25, -0.2) is 9.59 Å². The molecule has 8 heteroatoms. The van der Waals surface area contributed by atoms with Crippen molar-refractivity contribution >= 4 is 18.2 Å². The average molecular weight is 435 g/mol. The van der Waals surface area contributed by atoms with Crippen LogP contribution in [0.3, 0.4) is 0 Å². The van der Waals surface area contributed by atoms with Gasteiger partial charge in [0.25, 0.3) is 0 Å². The summed E-state index contributed by atoms with van der Waals surface area (Å²) >= 11 is 0. The Morgan fingerprint density at radius 2 is 1.81 bits per heavy atom. The average Bonchev–Trinajstić information content (AvgIpc) is 2.67. The molecule has 1 aromatic rings. The van der Waals surface area contributed by atoms with Crippen molar-refractivity contribution in [1.82, 2.24) is 10.6 Å². The summed E-state index contributed by atoms with van der Waals surface area (Å²) in [7, 11) is 0. The molecular formula is C23H34N2O6. The number of aliphatic carboxylic acids is 1. The number of carboxylic acid groups (broad SMARTS) is 1. The Labute approximate surface area is 184 Å². The molecule has 0 saturated carbocycles. The Hall–Kier alpha value is -3.03. The third-order valence-electron chi connectivity index (χ3n) is 4.55. The zero-order valence-corrected chi connectivity index (χ0v) is 18.7. The zero-order chi connectivity index (χ0) is 23.4. The summed E-state index contributed by atoms with van der Waals surface area (Å²) in [5.41, 5.74) is 0.216. The molecule has 0 bridgehead atoms. The molecule has 31 heavy (non-hydrogen) atoms. The smallest absolute Gasteiger partial charge is 0.407 e. The number of hydrogen-bond acceptors (Lipinski definition) is 5. The SMILES string of the molecule is C=CC(CC(=O)O)CC(CNC(=O)OCc1ccccc1)C(C)NC(=O)OC(C)(C)C. The molecule has 8 nitrogen and oxygen atoms in total. The summed E-state index contributed by atoms with van der Waals surface area (Å²) in [6, 6.07) is 8.90. The first-order valence-electron chi connectivity index (χ1n) is 10.3. The van der Waals surface area contributed by atoms with Crippen molar-refractivity contribution in [1.29, 1.82) is 0 Å². The highest BCUT2D eigenvalue weighted by atomic mass is 16.6. The zero-order valence-electron chi connectivity index (χ0n) is 18.7. The molecule has 0 heterocycles. The number of hydrogen-bond donors (Lipinski definition) is 3. The van der Waals surface area contributed by atoms with Crippen LogP contribution < -0.4 is 10.6 Å². The van der Waals surface area contributed by atoms with Gasteiger partial charge >= 0.3 is 18.2 Å². The number of alkyl carbamates (subject to hydrolysis) is 2. The second-order valence-corrected chi connectivity index (χ2v) is 8.47. The molecule has 3 atom stereocenters. The van der Waals surface area contributed by atoms with Gasteiger partial charge in [-0.3, -0.25) is 4.79 Å². The van der Waals surface area contributed by atoms with Crippen LogP contribution in [-0.4, -0.2) is 41.4 Å². The predicted octanol–water partition coefficient (Wildman–Crippen LogP) is 4.11. The Morgan fingerprint density at radius 1 is 1.16 bits per heavy atom. The van der Waals surface area contributed by atoms with Crippen LogP contribution in [0.2, 0.25) is 0 Å². The van der Waals surface area contributed by atoms with Crippen LogP contribution in [0.15, 0.2) is 43.0 Å². The highest BCUT2D eigenvalue weighted by molar-refractivity contribution is 5.69. The lowest BCUT2D eigenvalue weighted by atomic mass is 9.87. The van der Waals surface area contributed by atoms with Crippen LogP contribution in [-0.2, 0) is 20.9 Å². The van der Waals surface area contributed by atoms with Crippen LogP contribution in [0.1, 0.15) is 46.1 Å². The Balaban J connectivity index is 2.71. The van der Waals surface area contributed by atoms with E-state index in [1.165, 1.54) is 0 Å². The molecule has 0 aromatic heterocycles. The first-order valence-corrected chi connectivity index (χ1v) is 10.3. The number of amides is 2. The van der Waals surface area contributed by atoms with E-state index in [-0.39, 0.29) is 37.5 Å². The van der Waals surface area contributed by atoms with Gasteiger partial charge in [0.1, 0.15) is 12.2 Å². The Bertz CT molecular complexity index is 729. The summed E-state index contributed by atoms with van der Waals surface area (Å²) < 4.78 is 10.5. The number of ether oxygens (including phenoxy) is 2. The minimum atomic E-state index is -0.938. The molecule has 0 spiro atoms. The van der Waals surface area contributed by atoms with E-state index in [0.29, 0.717) is 6.42 Å². The third kappa shape index (κ3) is 11.7. The molecule has 0 aliphatic rings. The van der Waals surface area contributed by atoms with E-state index < -0.39 is 23.8 Å². The molecule has 0 aliphatic carbocycles. The second kappa shape index (κ2) is 12.6. The van der Waals surface area contributed by atoms with Gasteiger partial charge in [0.2, 0.25) is 0 Å². The van der Waals surface area contributed by atoms with E-state index in [2.05, 4.69) is 17.2 Å². The third-order valence-corrected chi connectivity index (χ3v) is 4.55. The number of rotatable bonds is 11. The minimum absolute atomic E-state index is 0.0857. The lowest BCUT2D eigenvalue weighted by Crippen LogP contribution is -2.45. The van der Waals surface area contributed by atoms with E-state index in [1.807, 2.05) is 30.3 Å². The summed E-state index contributed by atoms with van der Waals surface area (Å²) in [5, 5.41) is 14.6. The van der Waals surface area contributed by atoms with E-state index in [1.54, 1.807) is 33.8 Å². The molecule has 0 fully saturated rings. The lowest BCUT2D eigenvalue weighted by molar-refractivity contribution is -0.137. The van der Waals surface area contributed by atoms with Crippen LogP contribution in [0, 0.1) is 11.8 Å². The second-order valence-electron chi connectivity index (χ2n) is 8.47. The standard InChI is InChI=1S/C23H34N2O6/c1-6-17(13-20(26)27)12-19(16(2)25-22(29)31-23(3,4)5)14-24-21(28)30-15-18-10-8-7-9-11-18/h6-11,16-17,19H,1,12-15H2,2-5H3,(H,24,28)(H,25,29)(H,26,27). The van der Waals surface area contributed by atoms with E-state index in [0.717, 1.165) is 5.56 Å². The van der Waals surface area contributed by atoms with Gasteiger partial charge in [-0.15, -0.1) is 6.58 Å². The molecule has 0 radical (unpaired) electrons. The van der Waals surface area contributed by atoms with Crippen LogP contribution in [0.5, 0.6) is 0 Å². The molecule has 1 aromatic carbocycles. The number of benzene rings is 1. The monoisotopic (exact) mass is 434 g/mol. The molecule has 172 valence electrons.